The van der Waals surface area contributed by atoms with Gasteiger partial charge in [0.25, 0.3) is 0 Å². The number of amides is 1. The zero-order chi connectivity index (χ0) is 17.0. The molecular formula is C15H17F2N3O3. The monoisotopic (exact) mass is 325 g/mol. The summed E-state index contributed by atoms with van der Waals surface area (Å²) < 4.78 is 31.2. The predicted molar refractivity (Wildman–Crippen MR) is 76.1 cm³/mol. The molecule has 1 amide bonds. The molecule has 0 saturated carbocycles. The number of carbonyl (C=O) groups is 1. The van der Waals surface area contributed by atoms with Gasteiger partial charge in [-0.15, -0.1) is 0 Å². The molecule has 1 heterocycles. The summed E-state index contributed by atoms with van der Waals surface area (Å²) in [6, 6.07) is 2.32. The van der Waals surface area contributed by atoms with E-state index in [4.69, 9.17) is 0 Å². The van der Waals surface area contributed by atoms with Crippen LogP contribution in [0.15, 0.2) is 29.1 Å². The third kappa shape index (κ3) is 4.32. The number of nitrogens with one attached hydrogen (secondary N) is 1. The van der Waals surface area contributed by atoms with Gasteiger partial charge >= 0.3 is 0 Å². The van der Waals surface area contributed by atoms with E-state index >= 15 is 0 Å². The van der Waals surface area contributed by atoms with E-state index in [2.05, 4.69) is 20.0 Å². The maximum Gasteiger partial charge on any atom is 0.223 e. The van der Waals surface area contributed by atoms with Gasteiger partial charge in [0.05, 0.1) is 12.5 Å². The number of aliphatic hydroxyl groups is 1. The molecule has 0 saturated heterocycles. The Morgan fingerprint density at radius 2 is 2.09 bits per heavy atom. The van der Waals surface area contributed by atoms with Gasteiger partial charge in [-0.3, -0.25) is 4.79 Å². The highest BCUT2D eigenvalue weighted by molar-refractivity contribution is 5.77. The first-order valence-corrected chi connectivity index (χ1v) is 7.07. The highest BCUT2D eigenvalue weighted by Gasteiger charge is 2.24. The lowest BCUT2D eigenvalue weighted by atomic mass is 10.0. The molecule has 23 heavy (non-hydrogen) atoms. The molecule has 2 rings (SSSR count). The van der Waals surface area contributed by atoms with Gasteiger partial charge in [-0.1, -0.05) is 25.1 Å². The normalized spacial score (nSPS) is 13.8. The summed E-state index contributed by atoms with van der Waals surface area (Å²) in [6.45, 7) is 3.56. The molecular weight excluding hydrogens is 308 g/mol. The fraction of sp³-hybridized carbons (Fsp3) is 0.400. The van der Waals surface area contributed by atoms with Crippen LogP contribution in [0.4, 0.5) is 8.78 Å². The van der Waals surface area contributed by atoms with E-state index in [-0.39, 0.29) is 23.7 Å². The van der Waals surface area contributed by atoms with E-state index < -0.39 is 29.7 Å². The Labute approximate surface area is 131 Å². The van der Waals surface area contributed by atoms with Crippen LogP contribution >= 0.6 is 0 Å². The predicted octanol–water partition coefficient (Wildman–Crippen LogP) is 1.96. The lowest BCUT2D eigenvalue weighted by molar-refractivity contribution is -0.124. The van der Waals surface area contributed by atoms with Crippen LogP contribution in [0.2, 0.25) is 0 Å². The molecule has 0 aliphatic carbocycles. The summed E-state index contributed by atoms with van der Waals surface area (Å²) in [6.07, 6.45) is 0.124. The van der Waals surface area contributed by atoms with Crippen molar-refractivity contribution in [1.82, 2.24) is 15.5 Å². The molecule has 2 atom stereocenters. The summed E-state index contributed by atoms with van der Waals surface area (Å²) in [5.41, 5.74) is 0.262. The Hall–Kier alpha value is -2.35. The van der Waals surface area contributed by atoms with Crippen molar-refractivity contribution < 1.29 is 23.2 Å². The second-order valence-electron chi connectivity index (χ2n) is 5.48. The van der Waals surface area contributed by atoms with Gasteiger partial charge in [0.15, 0.2) is 17.5 Å². The smallest absolute Gasteiger partial charge is 0.223 e. The lowest BCUT2D eigenvalue weighted by Gasteiger charge is -2.19. The average molecular weight is 325 g/mol. The van der Waals surface area contributed by atoms with Gasteiger partial charge in [-0.25, -0.2) is 8.78 Å². The second-order valence-corrected chi connectivity index (χ2v) is 5.48. The first-order chi connectivity index (χ1) is 10.9. The van der Waals surface area contributed by atoms with Crippen LogP contribution < -0.4 is 5.32 Å². The second kappa shape index (κ2) is 7.28. The number of aliphatic hydroxyl groups excluding tert-OH is 1. The topological polar surface area (TPSA) is 88.2 Å². The first-order valence-electron chi connectivity index (χ1n) is 7.07. The van der Waals surface area contributed by atoms with E-state index in [1.807, 2.05) is 0 Å². The minimum atomic E-state index is -1.05. The van der Waals surface area contributed by atoms with Crippen molar-refractivity contribution in [3.05, 3.63) is 47.6 Å². The van der Waals surface area contributed by atoms with Gasteiger partial charge in [-0.05, 0) is 23.6 Å². The number of hydrogen-bond acceptors (Lipinski definition) is 5. The van der Waals surface area contributed by atoms with E-state index in [1.54, 1.807) is 13.8 Å². The fourth-order valence-corrected chi connectivity index (χ4v) is 1.94. The summed E-state index contributed by atoms with van der Waals surface area (Å²) in [7, 11) is 0. The minimum Gasteiger partial charge on any atom is -0.392 e. The van der Waals surface area contributed by atoms with Crippen LogP contribution in [0.3, 0.4) is 0 Å². The Bertz CT molecular complexity index is 662. The van der Waals surface area contributed by atoms with Crippen LogP contribution in [0.1, 0.15) is 37.7 Å². The van der Waals surface area contributed by atoms with Gasteiger partial charge < -0.3 is 14.9 Å². The molecule has 0 fully saturated rings. The molecule has 1 aromatic carbocycles. The summed E-state index contributed by atoms with van der Waals surface area (Å²) in [5.74, 6) is -2.50. The number of halogens is 2. The van der Waals surface area contributed by atoms with Crippen LogP contribution in [0.25, 0.3) is 0 Å². The minimum absolute atomic E-state index is 0.0901. The Morgan fingerprint density at radius 3 is 2.65 bits per heavy atom. The summed E-state index contributed by atoms with van der Waals surface area (Å²) in [5, 5.41) is 16.0. The largest absolute Gasteiger partial charge is 0.392 e. The molecule has 8 heteroatoms. The van der Waals surface area contributed by atoms with Gasteiger partial charge in [0.2, 0.25) is 12.3 Å². The molecule has 0 radical (unpaired) electrons. The Morgan fingerprint density at radius 1 is 1.35 bits per heavy atom. The quantitative estimate of drug-likeness (QED) is 0.847. The average Bonchev–Trinajstić information content (AvgIpc) is 3.01. The highest BCUT2D eigenvalue weighted by atomic mass is 19.2. The molecule has 2 aromatic rings. The van der Waals surface area contributed by atoms with E-state index in [0.29, 0.717) is 0 Å². The highest BCUT2D eigenvalue weighted by Crippen LogP contribution is 2.21. The van der Waals surface area contributed by atoms with Crippen molar-refractivity contribution in [1.29, 1.82) is 0 Å². The third-order valence-electron chi connectivity index (χ3n) is 3.38. The fourth-order valence-electron chi connectivity index (χ4n) is 1.94. The van der Waals surface area contributed by atoms with Crippen molar-refractivity contribution >= 4 is 5.91 Å². The van der Waals surface area contributed by atoms with Crippen LogP contribution in [0, 0.1) is 17.6 Å². The number of aromatic nitrogens is 2. The SMILES string of the molecule is CC(C)[C@H](O)CC(=O)N[C@@H](c1ccc(F)c(F)c1)c1ncon1. The van der Waals surface area contributed by atoms with E-state index in [9.17, 15) is 18.7 Å². The van der Waals surface area contributed by atoms with E-state index in [0.717, 1.165) is 18.5 Å². The summed E-state index contributed by atoms with van der Waals surface area (Å²) >= 11 is 0. The third-order valence-corrected chi connectivity index (χ3v) is 3.38. The standard InChI is InChI=1S/C15H17F2N3O3/c1-8(2)12(21)6-13(22)19-14(15-18-7-23-20-15)9-3-4-10(16)11(17)5-9/h3-5,7-8,12,14,21H,6H2,1-2H3,(H,19,22)/t12-,14+/m1/s1. The molecule has 0 spiro atoms. The molecule has 0 unspecified atom stereocenters. The number of benzene rings is 1. The number of rotatable bonds is 6. The Kier molecular flexibility index (Phi) is 5.38. The van der Waals surface area contributed by atoms with Gasteiger partial charge in [0.1, 0.15) is 6.04 Å². The number of hydrogen-bond donors (Lipinski definition) is 2. The molecule has 0 bridgehead atoms. The van der Waals surface area contributed by atoms with Crippen LogP contribution in [-0.2, 0) is 4.79 Å². The molecule has 6 nitrogen and oxygen atoms in total. The summed E-state index contributed by atoms with van der Waals surface area (Å²) in [4.78, 5) is 15.9. The number of nitrogens with zero attached hydrogens (tertiary/aromatic N) is 2. The van der Waals surface area contributed by atoms with Gasteiger partial charge in [-0.2, -0.15) is 4.98 Å². The van der Waals surface area contributed by atoms with Crippen molar-refractivity contribution in [2.24, 2.45) is 5.92 Å². The maximum absolute atomic E-state index is 13.4. The Balaban J connectivity index is 2.22. The van der Waals surface area contributed by atoms with Gasteiger partial charge in [0, 0.05) is 0 Å². The van der Waals surface area contributed by atoms with Crippen LogP contribution in [-0.4, -0.2) is 27.3 Å². The molecule has 1 aromatic heterocycles. The molecule has 0 aliphatic rings. The lowest BCUT2D eigenvalue weighted by Crippen LogP contribution is -2.33. The first kappa shape index (κ1) is 17.0. The molecule has 2 N–H and O–H groups in total. The maximum atomic E-state index is 13.4. The van der Waals surface area contributed by atoms with Crippen molar-refractivity contribution in [2.75, 3.05) is 0 Å². The molecule has 124 valence electrons. The van der Waals surface area contributed by atoms with Crippen LogP contribution in [0.5, 0.6) is 0 Å². The van der Waals surface area contributed by atoms with Crippen molar-refractivity contribution in [3.8, 4) is 0 Å². The van der Waals surface area contributed by atoms with Crippen molar-refractivity contribution in [3.63, 3.8) is 0 Å². The zero-order valence-electron chi connectivity index (χ0n) is 12.7. The van der Waals surface area contributed by atoms with E-state index in [1.165, 1.54) is 6.07 Å². The number of carbonyl (C=O) groups excluding carboxylic acids is 1. The zero-order valence-corrected chi connectivity index (χ0v) is 12.7. The van der Waals surface area contributed by atoms with Crippen molar-refractivity contribution in [2.45, 2.75) is 32.4 Å². The molecule has 0 aliphatic heterocycles.